The van der Waals surface area contributed by atoms with Gasteiger partial charge in [-0.3, -0.25) is 23.7 Å². The molecule has 2 aromatic heterocycles. The van der Waals surface area contributed by atoms with E-state index in [1.54, 1.807) is 17.3 Å². The lowest BCUT2D eigenvalue weighted by Gasteiger charge is -2.25. The molecule has 1 aliphatic rings. The van der Waals surface area contributed by atoms with E-state index in [1.807, 2.05) is 12.1 Å². The number of hydrogen-bond donors (Lipinski definition) is 0. The van der Waals surface area contributed by atoms with Crippen LogP contribution in [0.15, 0.2) is 40.2 Å². The van der Waals surface area contributed by atoms with Crippen molar-refractivity contribution in [1.82, 2.24) is 19.0 Å². The first-order chi connectivity index (χ1) is 12.0. The lowest BCUT2D eigenvalue weighted by Crippen LogP contribution is -2.43. The average Bonchev–Trinajstić information content (AvgIpc) is 3.10. The van der Waals surface area contributed by atoms with Gasteiger partial charge in [-0.05, 0) is 43.4 Å². The largest absolute Gasteiger partial charge is 0.334 e. The van der Waals surface area contributed by atoms with Gasteiger partial charge < -0.3 is 4.90 Å². The molecular weight excluding hydrogens is 320 g/mol. The fourth-order valence-corrected chi connectivity index (χ4v) is 3.37. The molecule has 1 amide bonds. The third kappa shape index (κ3) is 3.40. The number of aryl methyl sites for hydroxylation is 1. The summed E-state index contributed by atoms with van der Waals surface area (Å²) in [5.41, 5.74) is 0.404. The van der Waals surface area contributed by atoms with E-state index in [0.29, 0.717) is 6.54 Å². The summed E-state index contributed by atoms with van der Waals surface area (Å²) in [4.78, 5) is 42.7. The Bertz CT molecular complexity index is 885. The van der Waals surface area contributed by atoms with Crippen LogP contribution in [0.3, 0.4) is 0 Å². The van der Waals surface area contributed by atoms with E-state index < -0.39 is 11.2 Å². The summed E-state index contributed by atoms with van der Waals surface area (Å²) in [6.07, 6.45) is 7.13. The Labute approximate surface area is 145 Å². The van der Waals surface area contributed by atoms with Gasteiger partial charge in [0, 0.05) is 45.1 Å². The first-order valence-corrected chi connectivity index (χ1v) is 8.46. The molecule has 7 nitrogen and oxygen atoms in total. The highest BCUT2D eigenvalue weighted by molar-refractivity contribution is 5.92. The van der Waals surface area contributed by atoms with Crippen molar-refractivity contribution in [3.8, 4) is 0 Å². The lowest BCUT2D eigenvalue weighted by atomic mass is 10.0. The maximum Gasteiger partial charge on any atom is 0.331 e. The van der Waals surface area contributed by atoms with Crippen LogP contribution < -0.4 is 11.2 Å². The van der Waals surface area contributed by atoms with Crippen LogP contribution in [-0.2, 0) is 20.5 Å². The summed E-state index contributed by atoms with van der Waals surface area (Å²) in [7, 11) is 2.93. The molecule has 1 atom stereocenters. The van der Waals surface area contributed by atoms with E-state index in [2.05, 4.69) is 4.98 Å². The SMILES string of the molecule is Cn1c(C(=O)N2CCC[C@@H]2CCc2ccncc2)cc(=O)n(C)c1=O. The fraction of sp³-hybridized carbons (Fsp3) is 0.444. The second-order valence-electron chi connectivity index (χ2n) is 6.46. The molecule has 0 aromatic carbocycles. The smallest absolute Gasteiger partial charge is 0.331 e. The highest BCUT2D eigenvalue weighted by Gasteiger charge is 2.30. The first-order valence-electron chi connectivity index (χ1n) is 8.46. The van der Waals surface area contributed by atoms with Crippen LogP contribution in [0.25, 0.3) is 0 Å². The molecule has 0 N–H and O–H groups in total. The van der Waals surface area contributed by atoms with Gasteiger partial charge in [-0.1, -0.05) is 0 Å². The van der Waals surface area contributed by atoms with Gasteiger partial charge in [-0.2, -0.15) is 0 Å². The van der Waals surface area contributed by atoms with Crippen molar-refractivity contribution < 1.29 is 4.79 Å². The third-order valence-corrected chi connectivity index (χ3v) is 4.90. The lowest BCUT2D eigenvalue weighted by molar-refractivity contribution is 0.0718. The van der Waals surface area contributed by atoms with Crippen molar-refractivity contribution in [2.75, 3.05) is 6.54 Å². The van der Waals surface area contributed by atoms with Crippen molar-refractivity contribution in [1.29, 1.82) is 0 Å². The zero-order valence-electron chi connectivity index (χ0n) is 14.5. The Morgan fingerprint density at radius 1 is 1.20 bits per heavy atom. The normalized spacial score (nSPS) is 17.0. The van der Waals surface area contributed by atoms with Crippen molar-refractivity contribution >= 4 is 5.91 Å². The molecule has 1 fully saturated rings. The second-order valence-corrected chi connectivity index (χ2v) is 6.46. The standard InChI is InChI=1S/C18H22N4O3/c1-20-15(12-16(23)21(2)18(20)25)17(24)22-11-3-4-14(22)6-5-13-7-9-19-10-8-13/h7-10,12,14H,3-6,11H2,1-2H3/t14-/m1/s1. The molecule has 0 spiro atoms. The minimum Gasteiger partial charge on any atom is -0.334 e. The predicted molar refractivity (Wildman–Crippen MR) is 93.5 cm³/mol. The summed E-state index contributed by atoms with van der Waals surface area (Å²) < 4.78 is 2.25. The van der Waals surface area contributed by atoms with Crippen LogP contribution in [0, 0.1) is 0 Å². The quantitative estimate of drug-likeness (QED) is 0.820. The van der Waals surface area contributed by atoms with Crippen LogP contribution >= 0.6 is 0 Å². The average molecular weight is 342 g/mol. The van der Waals surface area contributed by atoms with Crippen molar-refractivity contribution in [2.24, 2.45) is 14.1 Å². The van der Waals surface area contributed by atoms with Gasteiger partial charge in [-0.25, -0.2) is 4.79 Å². The summed E-state index contributed by atoms with van der Waals surface area (Å²) >= 11 is 0. The zero-order valence-corrected chi connectivity index (χ0v) is 14.5. The van der Waals surface area contributed by atoms with E-state index in [4.69, 9.17) is 0 Å². The molecule has 1 saturated heterocycles. The molecule has 0 radical (unpaired) electrons. The van der Waals surface area contributed by atoms with Crippen molar-refractivity contribution in [2.45, 2.75) is 31.7 Å². The van der Waals surface area contributed by atoms with E-state index in [-0.39, 0.29) is 17.6 Å². The van der Waals surface area contributed by atoms with Crippen molar-refractivity contribution in [3.63, 3.8) is 0 Å². The maximum absolute atomic E-state index is 12.9. The first kappa shape index (κ1) is 17.1. The summed E-state index contributed by atoms with van der Waals surface area (Å²) in [6.45, 7) is 0.656. The Kier molecular flexibility index (Phi) is 4.83. The van der Waals surface area contributed by atoms with E-state index in [9.17, 15) is 14.4 Å². The van der Waals surface area contributed by atoms with Gasteiger partial charge in [0.15, 0.2) is 0 Å². The Hall–Kier alpha value is -2.70. The van der Waals surface area contributed by atoms with Gasteiger partial charge in [0.1, 0.15) is 5.69 Å². The van der Waals surface area contributed by atoms with Gasteiger partial charge in [-0.15, -0.1) is 0 Å². The number of pyridine rings is 1. The minimum absolute atomic E-state index is 0.125. The van der Waals surface area contributed by atoms with E-state index in [1.165, 1.54) is 30.3 Å². The Balaban J connectivity index is 1.79. The van der Waals surface area contributed by atoms with Crippen molar-refractivity contribution in [3.05, 3.63) is 62.7 Å². The summed E-state index contributed by atoms with van der Waals surface area (Å²) in [5, 5.41) is 0. The minimum atomic E-state index is -0.483. The fourth-order valence-electron chi connectivity index (χ4n) is 3.37. The van der Waals surface area contributed by atoms with Gasteiger partial charge in [0.05, 0.1) is 0 Å². The maximum atomic E-state index is 12.9. The molecule has 7 heteroatoms. The van der Waals surface area contributed by atoms with Crippen LogP contribution in [0.5, 0.6) is 0 Å². The summed E-state index contributed by atoms with van der Waals surface area (Å²) in [6, 6.07) is 5.33. The molecule has 3 rings (SSSR count). The molecule has 132 valence electrons. The predicted octanol–water partition coefficient (Wildman–Crippen LogP) is 0.716. The molecule has 3 heterocycles. The molecule has 25 heavy (non-hydrogen) atoms. The zero-order chi connectivity index (χ0) is 18.0. The van der Waals surface area contributed by atoms with Gasteiger partial charge in [0.2, 0.25) is 0 Å². The van der Waals surface area contributed by atoms with Gasteiger partial charge >= 0.3 is 5.69 Å². The summed E-state index contributed by atoms with van der Waals surface area (Å²) in [5.74, 6) is -0.241. The van der Waals surface area contributed by atoms with Crippen LogP contribution in [0.1, 0.15) is 35.3 Å². The Morgan fingerprint density at radius 3 is 2.64 bits per heavy atom. The Morgan fingerprint density at radius 2 is 1.92 bits per heavy atom. The molecule has 1 aliphatic heterocycles. The number of rotatable bonds is 4. The molecule has 0 unspecified atom stereocenters. The van der Waals surface area contributed by atoms with E-state index >= 15 is 0 Å². The van der Waals surface area contributed by atoms with E-state index in [0.717, 1.165) is 30.3 Å². The second kappa shape index (κ2) is 7.04. The number of amides is 1. The van der Waals surface area contributed by atoms with Crippen LogP contribution in [-0.4, -0.2) is 37.5 Å². The number of carbonyl (C=O) groups is 1. The number of carbonyl (C=O) groups excluding carboxylic acids is 1. The van der Waals surface area contributed by atoms with Gasteiger partial charge in [0.25, 0.3) is 11.5 Å². The molecule has 0 saturated carbocycles. The molecule has 0 bridgehead atoms. The third-order valence-electron chi connectivity index (χ3n) is 4.90. The topological polar surface area (TPSA) is 77.2 Å². The molecular formula is C18H22N4O3. The van der Waals surface area contributed by atoms with Crippen LogP contribution in [0.2, 0.25) is 0 Å². The molecule has 2 aromatic rings. The highest BCUT2D eigenvalue weighted by Crippen LogP contribution is 2.23. The molecule has 0 aliphatic carbocycles. The number of hydrogen-bond acceptors (Lipinski definition) is 4. The number of aromatic nitrogens is 3. The highest BCUT2D eigenvalue weighted by atomic mass is 16.2. The number of likely N-dealkylation sites (tertiary alicyclic amines) is 1. The van der Waals surface area contributed by atoms with Crippen LogP contribution in [0.4, 0.5) is 0 Å². The number of nitrogens with zero attached hydrogens (tertiary/aromatic N) is 4. The monoisotopic (exact) mass is 342 g/mol.